The van der Waals surface area contributed by atoms with Gasteiger partial charge in [0.15, 0.2) is 0 Å². The Balaban J connectivity index is 2.35. The smallest absolute Gasteiger partial charge is 0.410 e. The minimum Gasteiger partial charge on any atom is -0.444 e. The lowest BCUT2D eigenvalue weighted by molar-refractivity contribution is 0.0161. The van der Waals surface area contributed by atoms with Crippen LogP contribution in [0.4, 0.5) is 4.79 Å². The molecule has 1 fully saturated rings. The normalized spacial score (nSPS) is 20.7. The van der Waals surface area contributed by atoms with E-state index >= 15 is 0 Å². The molecule has 0 radical (unpaired) electrons. The summed E-state index contributed by atoms with van der Waals surface area (Å²) < 4.78 is 5.44. The van der Waals surface area contributed by atoms with Crippen LogP contribution in [-0.2, 0) is 4.74 Å². The lowest BCUT2D eigenvalue weighted by Crippen LogP contribution is -2.43. The Morgan fingerprint density at radius 3 is 2.68 bits per heavy atom. The summed E-state index contributed by atoms with van der Waals surface area (Å²) in [7, 11) is 0. The molecule has 1 atom stereocenters. The molecule has 19 heavy (non-hydrogen) atoms. The molecule has 0 aliphatic carbocycles. The number of carbonyl (C=O) groups is 1. The Hall–Kier alpha value is -0.770. The van der Waals surface area contributed by atoms with E-state index in [-0.39, 0.29) is 6.09 Å². The highest BCUT2D eigenvalue weighted by Gasteiger charge is 2.27. The van der Waals surface area contributed by atoms with Gasteiger partial charge in [-0.05, 0) is 52.5 Å². The van der Waals surface area contributed by atoms with Crippen molar-refractivity contribution in [2.24, 2.45) is 5.92 Å². The number of piperidine rings is 1. The molecular formula is C15H30N2O2. The maximum atomic E-state index is 12.0. The van der Waals surface area contributed by atoms with Crippen molar-refractivity contribution in [3.8, 4) is 0 Å². The zero-order chi connectivity index (χ0) is 14.5. The number of likely N-dealkylation sites (tertiary alicyclic amines) is 1. The standard InChI is InChI=1S/C15H30N2O2/c1-12(2)16-9-8-13-7-6-10-17(11-13)14(18)19-15(3,4)5/h12-13,16H,6-11H2,1-5H3/t13-/m1/s1. The molecule has 0 unspecified atom stereocenters. The molecule has 1 aliphatic heterocycles. The van der Waals surface area contributed by atoms with Gasteiger partial charge in [-0.15, -0.1) is 0 Å². The first kappa shape index (κ1) is 16.3. The predicted molar refractivity (Wildman–Crippen MR) is 78.3 cm³/mol. The van der Waals surface area contributed by atoms with Gasteiger partial charge in [0.25, 0.3) is 0 Å². The summed E-state index contributed by atoms with van der Waals surface area (Å²) in [5.41, 5.74) is -0.400. The third-order valence-electron chi connectivity index (χ3n) is 3.28. The Morgan fingerprint density at radius 1 is 1.42 bits per heavy atom. The van der Waals surface area contributed by atoms with Crippen LogP contribution in [-0.4, -0.2) is 42.3 Å². The van der Waals surface area contributed by atoms with Crippen LogP contribution in [0, 0.1) is 5.92 Å². The summed E-state index contributed by atoms with van der Waals surface area (Å²) in [6.07, 6.45) is 3.29. The molecule has 0 aromatic carbocycles. The molecule has 1 N–H and O–H groups in total. The van der Waals surface area contributed by atoms with Gasteiger partial charge < -0.3 is 15.0 Å². The van der Waals surface area contributed by atoms with Gasteiger partial charge in [0.2, 0.25) is 0 Å². The summed E-state index contributed by atoms with van der Waals surface area (Å²) in [4.78, 5) is 13.9. The summed E-state index contributed by atoms with van der Waals surface area (Å²) in [5, 5.41) is 3.44. The first-order valence-corrected chi connectivity index (χ1v) is 7.49. The van der Waals surface area contributed by atoms with Crippen LogP contribution in [0.5, 0.6) is 0 Å². The van der Waals surface area contributed by atoms with Gasteiger partial charge in [-0.2, -0.15) is 0 Å². The zero-order valence-electron chi connectivity index (χ0n) is 13.2. The molecule has 0 aromatic rings. The monoisotopic (exact) mass is 270 g/mol. The fraction of sp³-hybridized carbons (Fsp3) is 0.933. The molecule has 4 heteroatoms. The lowest BCUT2D eigenvalue weighted by Gasteiger charge is -2.34. The van der Waals surface area contributed by atoms with E-state index in [2.05, 4.69) is 19.2 Å². The summed E-state index contributed by atoms with van der Waals surface area (Å²) in [6.45, 7) is 12.8. The molecular weight excluding hydrogens is 240 g/mol. The highest BCUT2D eigenvalue weighted by Crippen LogP contribution is 2.21. The van der Waals surface area contributed by atoms with Gasteiger partial charge in [-0.1, -0.05) is 13.8 Å². The van der Waals surface area contributed by atoms with Crippen molar-refractivity contribution in [3.63, 3.8) is 0 Å². The molecule has 1 saturated heterocycles. The lowest BCUT2D eigenvalue weighted by atomic mass is 9.95. The van der Waals surface area contributed by atoms with Gasteiger partial charge in [0, 0.05) is 19.1 Å². The number of nitrogens with one attached hydrogen (secondary N) is 1. The van der Waals surface area contributed by atoms with E-state index in [0.717, 1.165) is 32.5 Å². The van der Waals surface area contributed by atoms with E-state index in [1.807, 2.05) is 25.7 Å². The van der Waals surface area contributed by atoms with Crippen molar-refractivity contribution in [2.45, 2.75) is 65.5 Å². The van der Waals surface area contributed by atoms with Gasteiger partial charge in [-0.3, -0.25) is 0 Å². The first-order valence-electron chi connectivity index (χ1n) is 7.49. The van der Waals surface area contributed by atoms with Crippen molar-refractivity contribution < 1.29 is 9.53 Å². The van der Waals surface area contributed by atoms with Crippen LogP contribution in [0.25, 0.3) is 0 Å². The Morgan fingerprint density at radius 2 is 2.11 bits per heavy atom. The van der Waals surface area contributed by atoms with Crippen LogP contribution in [0.15, 0.2) is 0 Å². The second kappa shape index (κ2) is 7.13. The molecule has 1 aliphatic rings. The number of rotatable bonds is 4. The molecule has 1 rings (SSSR count). The largest absolute Gasteiger partial charge is 0.444 e. The van der Waals surface area contributed by atoms with E-state index in [0.29, 0.717) is 12.0 Å². The maximum absolute atomic E-state index is 12.0. The molecule has 1 amide bonds. The van der Waals surface area contributed by atoms with E-state index in [9.17, 15) is 4.79 Å². The summed E-state index contributed by atoms with van der Waals surface area (Å²) in [5.74, 6) is 0.604. The van der Waals surface area contributed by atoms with E-state index in [4.69, 9.17) is 4.74 Å². The molecule has 4 nitrogen and oxygen atoms in total. The average molecular weight is 270 g/mol. The number of hydrogen-bond acceptors (Lipinski definition) is 3. The van der Waals surface area contributed by atoms with E-state index < -0.39 is 5.60 Å². The fourth-order valence-electron chi connectivity index (χ4n) is 2.37. The first-order chi connectivity index (χ1) is 8.78. The Kier molecular flexibility index (Phi) is 6.11. The number of hydrogen-bond donors (Lipinski definition) is 1. The summed E-state index contributed by atoms with van der Waals surface area (Å²) in [6, 6.07) is 0.533. The highest BCUT2D eigenvalue weighted by atomic mass is 16.6. The number of ether oxygens (including phenoxy) is 1. The van der Waals surface area contributed by atoms with Crippen molar-refractivity contribution >= 4 is 6.09 Å². The molecule has 0 saturated carbocycles. The minimum absolute atomic E-state index is 0.158. The van der Waals surface area contributed by atoms with Crippen molar-refractivity contribution in [1.29, 1.82) is 0 Å². The van der Waals surface area contributed by atoms with Gasteiger partial charge >= 0.3 is 6.09 Å². The third kappa shape index (κ3) is 6.81. The Labute approximate surface area is 117 Å². The maximum Gasteiger partial charge on any atom is 0.410 e. The SMILES string of the molecule is CC(C)NCC[C@H]1CCCN(C(=O)OC(C)(C)C)C1. The fourth-order valence-corrected chi connectivity index (χ4v) is 2.37. The highest BCUT2D eigenvalue weighted by molar-refractivity contribution is 5.68. The minimum atomic E-state index is -0.400. The second-order valence-corrected chi connectivity index (χ2v) is 6.83. The van der Waals surface area contributed by atoms with Gasteiger partial charge in [-0.25, -0.2) is 4.79 Å². The predicted octanol–water partition coefficient (Wildman–Crippen LogP) is 3.02. The molecule has 0 spiro atoms. The number of carbonyl (C=O) groups excluding carboxylic acids is 1. The molecule has 0 aromatic heterocycles. The molecule has 1 heterocycles. The third-order valence-corrected chi connectivity index (χ3v) is 3.28. The Bertz CT molecular complexity index is 284. The second-order valence-electron chi connectivity index (χ2n) is 6.83. The van der Waals surface area contributed by atoms with Crippen molar-refractivity contribution in [2.75, 3.05) is 19.6 Å². The van der Waals surface area contributed by atoms with E-state index in [1.165, 1.54) is 6.42 Å². The molecule has 0 bridgehead atoms. The van der Waals surface area contributed by atoms with Gasteiger partial charge in [0.1, 0.15) is 5.60 Å². The summed E-state index contributed by atoms with van der Waals surface area (Å²) >= 11 is 0. The number of nitrogens with zero attached hydrogens (tertiary/aromatic N) is 1. The topological polar surface area (TPSA) is 41.6 Å². The van der Waals surface area contributed by atoms with Crippen molar-refractivity contribution in [1.82, 2.24) is 10.2 Å². The average Bonchev–Trinajstić information content (AvgIpc) is 2.26. The van der Waals surface area contributed by atoms with Crippen LogP contribution >= 0.6 is 0 Å². The van der Waals surface area contributed by atoms with Crippen LogP contribution in [0.2, 0.25) is 0 Å². The van der Waals surface area contributed by atoms with Crippen LogP contribution < -0.4 is 5.32 Å². The van der Waals surface area contributed by atoms with Crippen molar-refractivity contribution in [3.05, 3.63) is 0 Å². The van der Waals surface area contributed by atoms with Crippen LogP contribution in [0.1, 0.15) is 53.9 Å². The number of amides is 1. The zero-order valence-corrected chi connectivity index (χ0v) is 13.2. The van der Waals surface area contributed by atoms with Gasteiger partial charge in [0.05, 0.1) is 0 Å². The molecule has 112 valence electrons. The van der Waals surface area contributed by atoms with Crippen LogP contribution in [0.3, 0.4) is 0 Å². The van der Waals surface area contributed by atoms with E-state index in [1.54, 1.807) is 0 Å². The quantitative estimate of drug-likeness (QED) is 0.854.